The molecule has 0 amide bonds. The standard InChI is InChI=1S/C15H15ClN4O5/c16-9-3-1-8(2-4-9)13(22)24-6-11-10(21)5-12(25-11)20-7-18-14(17)19-15(20)23/h1-4,7,10-12,21H,5-6H2,(H2,17,19,23)/t10-,11+,12+/m0/s1. The Morgan fingerprint density at radius 1 is 1.44 bits per heavy atom. The predicted molar refractivity (Wildman–Crippen MR) is 87.0 cm³/mol. The summed E-state index contributed by atoms with van der Waals surface area (Å²) in [7, 11) is 0. The maximum absolute atomic E-state index is 12.0. The van der Waals surface area contributed by atoms with Gasteiger partial charge in [0.15, 0.2) is 0 Å². The number of aliphatic hydroxyl groups excluding tert-OH is 1. The number of nitrogen functional groups attached to an aromatic ring is 1. The number of rotatable bonds is 4. The van der Waals surface area contributed by atoms with Gasteiger partial charge >= 0.3 is 11.7 Å². The molecule has 25 heavy (non-hydrogen) atoms. The van der Waals surface area contributed by atoms with Gasteiger partial charge in [0.2, 0.25) is 5.95 Å². The molecule has 0 saturated carbocycles. The molecule has 3 rings (SSSR count). The first-order valence-corrected chi connectivity index (χ1v) is 7.78. The average molecular weight is 367 g/mol. The van der Waals surface area contributed by atoms with Crippen molar-refractivity contribution in [2.75, 3.05) is 12.3 Å². The zero-order valence-corrected chi connectivity index (χ0v) is 13.7. The normalized spacial score (nSPS) is 22.7. The van der Waals surface area contributed by atoms with E-state index < -0.39 is 30.1 Å². The van der Waals surface area contributed by atoms with Crippen molar-refractivity contribution < 1.29 is 19.4 Å². The van der Waals surface area contributed by atoms with Crippen LogP contribution < -0.4 is 11.4 Å². The number of nitrogens with zero attached hydrogens (tertiary/aromatic N) is 3. The number of hydrogen-bond donors (Lipinski definition) is 2. The minimum absolute atomic E-state index is 0.135. The Bertz CT molecular complexity index is 825. The van der Waals surface area contributed by atoms with Crippen molar-refractivity contribution in [1.82, 2.24) is 14.5 Å². The van der Waals surface area contributed by atoms with E-state index in [9.17, 15) is 14.7 Å². The van der Waals surface area contributed by atoms with E-state index in [4.69, 9.17) is 26.8 Å². The zero-order chi connectivity index (χ0) is 18.0. The third-order valence-corrected chi connectivity index (χ3v) is 3.97. The monoisotopic (exact) mass is 366 g/mol. The zero-order valence-electron chi connectivity index (χ0n) is 12.9. The molecule has 1 aliphatic heterocycles. The molecule has 0 aliphatic carbocycles. The summed E-state index contributed by atoms with van der Waals surface area (Å²) in [6, 6.07) is 6.21. The molecular formula is C15H15ClN4O5. The van der Waals surface area contributed by atoms with Crippen molar-refractivity contribution in [2.45, 2.75) is 24.9 Å². The van der Waals surface area contributed by atoms with Gasteiger partial charge < -0.3 is 20.3 Å². The fourth-order valence-corrected chi connectivity index (χ4v) is 2.54. The fourth-order valence-electron chi connectivity index (χ4n) is 2.42. The average Bonchev–Trinajstić information content (AvgIpc) is 2.94. The van der Waals surface area contributed by atoms with Crippen molar-refractivity contribution in [3.05, 3.63) is 51.7 Å². The van der Waals surface area contributed by atoms with Crippen LogP contribution in [0.15, 0.2) is 35.4 Å². The van der Waals surface area contributed by atoms with Gasteiger partial charge in [0.05, 0.1) is 11.7 Å². The molecule has 0 spiro atoms. The number of carbonyl (C=O) groups excluding carboxylic acids is 1. The van der Waals surface area contributed by atoms with E-state index in [1.165, 1.54) is 18.5 Å². The van der Waals surface area contributed by atoms with E-state index >= 15 is 0 Å². The third-order valence-electron chi connectivity index (χ3n) is 3.72. The van der Waals surface area contributed by atoms with Crippen LogP contribution in [0.5, 0.6) is 0 Å². The Kier molecular flexibility index (Phi) is 4.98. The number of aromatic nitrogens is 3. The summed E-state index contributed by atoms with van der Waals surface area (Å²) in [6.45, 7) is -0.163. The topological polar surface area (TPSA) is 130 Å². The minimum atomic E-state index is -0.910. The lowest BCUT2D eigenvalue weighted by Crippen LogP contribution is -2.29. The van der Waals surface area contributed by atoms with Crippen molar-refractivity contribution in [1.29, 1.82) is 0 Å². The molecule has 2 heterocycles. The first-order valence-electron chi connectivity index (χ1n) is 7.41. The van der Waals surface area contributed by atoms with Gasteiger partial charge in [0, 0.05) is 11.4 Å². The van der Waals surface area contributed by atoms with Crippen molar-refractivity contribution in [3.8, 4) is 0 Å². The highest BCUT2D eigenvalue weighted by Crippen LogP contribution is 2.27. The summed E-state index contributed by atoms with van der Waals surface area (Å²) in [6.07, 6.45) is -1.11. The SMILES string of the molecule is Nc1ncn([C@H]2C[C@H](O)[C@@H](COC(=O)c3ccc(Cl)cc3)O2)c(=O)n1. The molecule has 3 N–H and O–H groups in total. The van der Waals surface area contributed by atoms with Crippen LogP contribution in [0, 0.1) is 0 Å². The lowest BCUT2D eigenvalue weighted by atomic mass is 10.2. The van der Waals surface area contributed by atoms with Crippen LogP contribution in [0.2, 0.25) is 5.02 Å². The van der Waals surface area contributed by atoms with Crippen LogP contribution in [-0.2, 0) is 9.47 Å². The number of aliphatic hydroxyl groups is 1. The van der Waals surface area contributed by atoms with Gasteiger partial charge in [-0.1, -0.05) is 11.6 Å². The molecule has 9 nitrogen and oxygen atoms in total. The summed E-state index contributed by atoms with van der Waals surface area (Å²) in [5.41, 5.74) is 5.03. The summed E-state index contributed by atoms with van der Waals surface area (Å²) in [5.74, 6) is -0.711. The third kappa shape index (κ3) is 3.95. The first kappa shape index (κ1) is 17.3. The van der Waals surface area contributed by atoms with E-state index in [1.54, 1.807) is 12.1 Å². The molecule has 2 aromatic rings. The lowest BCUT2D eigenvalue weighted by molar-refractivity contribution is -0.0534. The first-order chi connectivity index (χ1) is 11.9. The lowest BCUT2D eigenvalue weighted by Gasteiger charge is -2.15. The predicted octanol–water partition coefficient (Wildman–Crippen LogP) is 0.379. The summed E-state index contributed by atoms with van der Waals surface area (Å²) in [4.78, 5) is 31.0. The largest absolute Gasteiger partial charge is 0.459 e. The highest BCUT2D eigenvalue weighted by Gasteiger charge is 2.36. The quantitative estimate of drug-likeness (QED) is 0.743. The number of nitrogens with two attached hydrogens (primary N) is 1. The Morgan fingerprint density at radius 2 is 2.16 bits per heavy atom. The molecule has 1 fully saturated rings. The molecule has 0 bridgehead atoms. The van der Waals surface area contributed by atoms with E-state index in [-0.39, 0.29) is 19.0 Å². The molecule has 3 atom stereocenters. The van der Waals surface area contributed by atoms with Gasteiger partial charge in [0.25, 0.3) is 0 Å². The van der Waals surface area contributed by atoms with Crippen molar-refractivity contribution >= 4 is 23.5 Å². The summed E-state index contributed by atoms with van der Waals surface area (Å²) in [5, 5.41) is 10.6. The number of carbonyl (C=O) groups is 1. The molecule has 0 radical (unpaired) electrons. The maximum atomic E-state index is 12.0. The fraction of sp³-hybridized carbons (Fsp3) is 0.333. The summed E-state index contributed by atoms with van der Waals surface area (Å²) < 4.78 is 11.9. The molecule has 1 saturated heterocycles. The van der Waals surface area contributed by atoms with Crippen LogP contribution in [0.25, 0.3) is 0 Å². The summed E-state index contributed by atoms with van der Waals surface area (Å²) >= 11 is 5.76. The highest BCUT2D eigenvalue weighted by molar-refractivity contribution is 6.30. The van der Waals surface area contributed by atoms with Crippen molar-refractivity contribution in [2.24, 2.45) is 0 Å². The van der Waals surface area contributed by atoms with Gasteiger partial charge in [-0.05, 0) is 24.3 Å². The van der Waals surface area contributed by atoms with Crippen LogP contribution in [-0.4, -0.2) is 44.4 Å². The number of halogens is 1. The van der Waals surface area contributed by atoms with Crippen LogP contribution in [0.3, 0.4) is 0 Å². The van der Waals surface area contributed by atoms with Gasteiger partial charge in [-0.25, -0.2) is 14.6 Å². The number of anilines is 1. The molecule has 1 aromatic carbocycles. The van der Waals surface area contributed by atoms with Gasteiger partial charge in [0.1, 0.15) is 25.3 Å². The minimum Gasteiger partial charge on any atom is -0.459 e. The van der Waals surface area contributed by atoms with Gasteiger partial charge in [-0.3, -0.25) is 4.57 Å². The number of ether oxygens (including phenoxy) is 2. The van der Waals surface area contributed by atoms with Crippen LogP contribution in [0.4, 0.5) is 5.95 Å². The van der Waals surface area contributed by atoms with E-state index in [0.717, 1.165) is 4.57 Å². The van der Waals surface area contributed by atoms with Gasteiger partial charge in [-0.2, -0.15) is 4.98 Å². The second-order valence-electron chi connectivity index (χ2n) is 5.44. The van der Waals surface area contributed by atoms with Crippen LogP contribution in [0.1, 0.15) is 23.0 Å². The Morgan fingerprint density at radius 3 is 2.84 bits per heavy atom. The number of esters is 1. The van der Waals surface area contributed by atoms with Crippen LogP contribution >= 0.6 is 11.6 Å². The van der Waals surface area contributed by atoms with E-state index in [1.807, 2.05) is 0 Å². The highest BCUT2D eigenvalue weighted by atomic mass is 35.5. The Balaban J connectivity index is 1.61. The second-order valence-corrected chi connectivity index (χ2v) is 5.88. The molecular weight excluding hydrogens is 352 g/mol. The molecule has 1 aromatic heterocycles. The maximum Gasteiger partial charge on any atom is 0.354 e. The molecule has 1 aliphatic rings. The smallest absolute Gasteiger partial charge is 0.354 e. The number of benzene rings is 1. The molecule has 0 unspecified atom stereocenters. The number of hydrogen-bond acceptors (Lipinski definition) is 8. The van der Waals surface area contributed by atoms with Crippen molar-refractivity contribution in [3.63, 3.8) is 0 Å². The molecule has 132 valence electrons. The Hall–Kier alpha value is -2.49. The van der Waals surface area contributed by atoms with E-state index in [2.05, 4.69) is 9.97 Å². The Labute approximate surface area is 147 Å². The van der Waals surface area contributed by atoms with E-state index in [0.29, 0.717) is 10.6 Å². The second kappa shape index (κ2) is 7.18. The molecule has 10 heteroatoms. The van der Waals surface area contributed by atoms with Gasteiger partial charge in [-0.15, -0.1) is 0 Å².